The number of rotatable bonds is 11. The molecule has 4 heteroatoms. The Morgan fingerprint density at radius 3 is 2.35 bits per heavy atom. The molecule has 0 unspecified atom stereocenters. The van der Waals surface area contributed by atoms with Crippen molar-refractivity contribution >= 4 is 11.6 Å². The first-order valence-electron chi connectivity index (χ1n) is 9.50. The van der Waals surface area contributed by atoms with Crippen LogP contribution < -0.4 is 14.8 Å². The minimum atomic E-state index is -0.182. The van der Waals surface area contributed by atoms with Crippen molar-refractivity contribution in [2.45, 2.75) is 46.0 Å². The molecule has 0 bridgehead atoms. The molecule has 0 fully saturated rings. The monoisotopic (exact) mass is 355 g/mol. The fourth-order valence-electron chi connectivity index (χ4n) is 2.66. The van der Waals surface area contributed by atoms with Crippen molar-refractivity contribution in [3.63, 3.8) is 0 Å². The van der Waals surface area contributed by atoms with Gasteiger partial charge in [0.25, 0.3) is 5.91 Å². The summed E-state index contributed by atoms with van der Waals surface area (Å²) < 4.78 is 11.3. The van der Waals surface area contributed by atoms with Crippen LogP contribution in [0.15, 0.2) is 48.5 Å². The summed E-state index contributed by atoms with van der Waals surface area (Å²) in [5.74, 6) is 1.24. The Balaban J connectivity index is 1.84. The lowest BCUT2D eigenvalue weighted by molar-refractivity contribution is 0.102. The molecule has 26 heavy (non-hydrogen) atoms. The molecule has 4 nitrogen and oxygen atoms in total. The zero-order valence-corrected chi connectivity index (χ0v) is 15.8. The van der Waals surface area contributed by atoms with Gasteiger partial charge in [-0.3, -0.25) is 4.79 Å². The number of para-hydroxylation sites is 1. The third-order valence-electron chi connectivity index (χ3n) is 4.06. The topological polar surface area (TPSA) is 47.6 Å². The number of hydrogen-bond donors (Lipinski definition) is 1. The molecule has 140 valence electrons. The first kappa shape index (κ1) is 19.8. The van der Waals surface area contributed by atoms with E-state index in [1.165, 1.54) is 25.7 Å². The van der Waals surface area contributed by atoms with Crippen LogP contribution in [-0.2, 0) is 0 Å². The molecule has 2 rings (SSSR count). The molecule has 0 spiro atoms. The summed E-state index contributed by atoms with van der Waals surface area (Å²) in [5, 5.41) is 2.90. The third kappa shape index (κ3) is 6.43. The van der Waals surface area contributed by atoms with E-state index in [1.807, 2.05) is 43.3 Å². The highest BCUT2D eigenvalue weighted by Crippen LogP contribution is 2.21. The maximum Gasteiger partial charge on any atom is 0.259 e. The van der Waals surface area contributed by atoms with E-state index in [-0.39, 0.29) is 5.91 Å². The van der Waals surface area contributed by atoms with Gasteiger partial charge in [-0.15, -0.1) is 0 Å². The number of carbonyl (C=O) groups is 1. The van der Waals surface area contributed by atoms with Crippen LogP contribution >= 0.6 is 0 Å². The SMILES string of the molecule is CCCCCCCOc1ccc(NC(=O)c2ccccc2OCC)cc1. The average molecular weight is 355 g/mol. The number of benzene rings is 2. The Morgan fingerprint density at radius 2 is 1.62 bits per heavy atom. The summed E-state index contributed by atoms with van der Waals surface area (Å²) >= 11 is 0. The van der Waals surface area contributed by atoms with E-state index in [1.54, 1.807) is 12.1 Å². The number of amides is 1. The Bertz CT molecular complexity index is 667. The van der Waals surface area contributed by atoms with E-state index in [2.05, 4.69) is 12.2 Å². The molecule has 0 heterocycles. The van der Waals surface area contributed by atoms with E-state index in [0.717, 1.165) is 24.5 Å². The maximum atomic E-state index is 12.5. The lowest BCUT2D eigenvalue weighted by Crippen LogP contribution is -2.13. The maximum absolute atomic E-state index is 12.5. The smallest absolute Gasteiger partial charge is 0.259 e. The molecule has 2 aromatic rings. The van der Waals surface area contributed by atoms with Crippen LogP contribution in [0.1, 0.15) is 56.3 Å². The van der Waals surface area contributed by atoms with Gasteiger partial charge in [0, 0.05) is 5.69 Å². The number of hydrogen-bond acceptors (Lipinski definition) is 3. The van der Waals surface area contributed by atoms with E-state index in [4.69, 9.17) is 9.47 Å². The minimum Gasteiger partial charge on any atom is -0.494 e. The molecule has 0 saturated heterocycles. The van der Waals surface area contributed by atoms with E-state index in [9.17, 15) is 4.79 Å². The number of ether oxygens (including phenoxy) is 2. The van der Waals surface area contributed by atoms with E-state index >= 15 is 0 Å². The Kier molecular flexibility index (Phi) is 8.53. The van der Waals surface area contributed by atoms with Crippen LogP contribution in [0.3, 0.4) is 0 Å². The second-order valence-corrected chi connectivity index (χ2v) is 6.17. The highest BCUT2D eigenvalue weighted by molar-refractivity contribution is 6.06. The van der Waals surface area contributed by atoms with E-state index in [0.29, 0.717) is 17.9 Å². The fourth-order valence-corrected chi connectivity index (χ4v) is 2.66. The standard InChI is InChI=1S/C22H29NO3/c1-3-5-6-7-10-17-26-19-15-13-18(14-16-19)23-22(24)20-11-8-9-12-21(20)25-4-2/h8-9,11-16H,3-7,10,17H2,1-2H3,(H,23,24). The zero-order chi connectivity index (χ0) is 18.6. The quantitative estimate of drug-likeness (QED) is 0.527. The van der Waals surface area contributed by atoms with Crippen molar-refractivity contribution < 1.29 is 14.3 Å². The summed E-state index contributed by atoms with van der Waals surface area (Å²) in [6.45, 7) is 5.37. The fraction of sp³-hybridized carbons (Fsp3) is 0.409. The molecule has 0 aliphatic rings. The molecule has 0 atom stereocenters. The molecule has 0 aliphatic heterocycles. The van der Waals surface area contributed by atoms with Crippen LogP contribution in [0, 0.1) is 0 Å². The van der Waals surface area contributed by atoms with Gasteiger partial charge < -0.3 is 14.8 Å². The second-order valence-electron chi connectivity index (χ2n) is 6.17. The number of carbonyl (C=O) groups excluding carboxylic acids is 1. The molecular weight excluding hydrogens is 326 g/mol. The number of anilines is 1. The normalized spacial score (nSPS) is 10.4. The van der Waals surface area contributed by atoms with Crippen LogP contribution in [-0.4, -0.2) is 19.1 Å². The van der Waals surface area contributed by atoms with Crippen molar-refractivity contribution in [3.05, 3.63) is 54.1 Å². The molecule has 0 aliphatic carbocycles. The lowest BCUT2D eigenvalue weighted by Gasteiger charge is -2.11. The van der Waals surface area contributed by atoms with Crippen LogP contribution in [0.25, 0.3) is 0 Å². The van der Waals surface area contributed by atoms with Gasteiger partial charge in [-0.05, 0) is 49.7 Å². The molecular formula is C22H29NO3. The Labute approximate surface area is 156 Å². The van der Waals surface area contributed by atoms with Gasteiger partial charge in [0.05, 0.1) is 18.8 Å². The van der Waals surface area contributed by atoms with Gasteiger partial charge in [-0.25, -0.2) is 0 Å². The molecule has 1 amide bonds. The summed E-state index contributed by atoms with van der Waals surface area (Å²) in [7, 11) is 0. The van der Waals surface area contributed by atoms with Crippen molar-refractivity contribution in [1.82, 2.24) is 0 Å². The lowest BCUT2D eigenvalue weighted by atomic mass is 10.1. The minimum absolute atomic E-state index is 0.182. The van der Waals surface area contributed by atoms with Crippen molar-refractivity contribution in [2.75, 3.05) is 18.5 Å². The largest absolute Gasteiger partial charge is 0.494 e. The first-order chi connectivity index (χ1) is 12.7. The first-order valence-corrected chi connectivity index (χ1v) is 9.50. The van der Waals surface area contributed by atoms with Gasteiger partial charge in [0.1, 0.15) is 11.5 Å². The molecule has 1 N–H and O–H groups in total. The summed E-state index contributed by atoms with van der Waals surface area (Å²) in [6, 6.07) is 14.7. The molecule has 2 aromatic carbocycles. The summed E-state index contributed by atoms with van der Waals surface area (Å²) in [5.41, 5.74) is 1.26. The van der Waals surface area contributed by atoms with Crippen LogP contribution in [0.2, 0.25) is 0 Å². The Hall–Kier alpha value is -2.49. The molecule has 0 saturated carbocycles. The van der Waals surface area contributed by atoms with E-state index < -0.39 is 0 Å². The predicted octanol–water partition coefficient (Wildman–Crippen LogP) is 5.69. The third-order valence-corrected chi connectivity index (χ3v) is 4.06. The van der Waals surface area contributed by atoms with Crippen molar-refractivity contribution in [2.24, 2.45) is 0 Å². The van der Waals surface area contributed by atoms with Crippen LogP contribution in [0.5, 0.6) is 11.5 Å². The van der Waals surface area contributed by atoms with Gasteiger partial charge >= 0.3 is 0 Å². The van der Waals surface area contributed by atoms with Crippen molar-refractivity contribution in [3.8, 4) is 11.5 Å². The van der Waals surface area contributed by atoms with Gasteiger partial charge in [0.2, 0.25) is 0 Å². The summed E-state index contributed by atoms with van der Waals surface area (Å²) in [6.07, 6.45) is 6.10. The Morgan fingerprint density at radius 1 is 0.885 bits per heavy atom. The summed E-state index contributed by atoms with van der Waals surface area (Å²) in [4.78, 5) is 12.5. The number of nitrogens with one attached hydrogen (secondary N) is 1. The average Bonchev–Trinajstić information content (AvgIpc) is 2.66. The zero-order valence-electron chi connectivity index (χ0n) is 15.8. The second kappa shape index (κ2) is 11.2. The highest BCUT2D eigenvalue weighted by Gasteiger charge is 2.12. The molecule has 0 aromatic heterocycles. The van der Waals surface area contributed by atoms with Crippen LogP contribution in [0.4, 0.5) is 5.69 Å². The van der Waals surface area contributed by atoms with Crippen molar-refractivity contribution in [1.29, 1.82) is 0 Å². The number of unbranched alkanes of at least 4 members (excludes halogenated alkanes) is 4. The van der Waals surface area contributed by atoms with Gasteiger partial charge in [-0.1, -0.05) is 44.7 Å². The predicted molar refractivity (Wildman–Crippen MR) is 106 cm³/mol. The van der Waals surface area contributed by atoms with Gasteiger partial charge in [0.15, 0.2) is 0 Å². The van der Waals surface area contributed by atoms with Gasteiger partial charge in [-0.2, -0.15) is 0 Å². The molecule has 0 radical (unpaired) electrons. The highest BCUT2D eigenvalue weighted by atomic mass is 16.5.